The first-order valence-electron chi connectivity index (χ1n) is 7.13. The topological polar surface area (TPSA) is 79.7 Å². The predicted molar refractivity (Wildman–Crippen MR) is 75.7 cm³/mol. The van der Waals surface area contributed by atoms with E-state index in [1.54, 1.807) is 11.1 Å². The number of amides is 1. The molecule has 6 heteroatoms. The van der Waals surface area contributed by atoms with Gasteiger partial charge in [-0.2, -0.15) is 0 Å². The standard InChI is InChI=1S/C15H20N2O4/c1-2-17(13-10-21-9-12(13)15(19)20)14(18)7-6-11-5-3-4-8-16-11/h3-5,8,12-13H,2,6-7,9-10H2,1H3,(H,19,20). The molecule has 21 heavy (non-hydrogen) atoms. The summed E-state index contributed by atoms with van der Waals surface area (Å²) in [5.74, 6) is -1.60. The molecule has 0 radical (unpaired) electrons. The van der Waals surface area contributed by atoms with Gasteiger partial charge in [-0.25, -0.2) is 0 Å². The van der Waals surface area contributed by atoms with Crippen molar-refractivity contribution in [3.05, 3.63) is 30.1 Å². The molecular weight excluding hydrogens is 272 g/mol. The Morgan fingerprint density at radius 1 is 1.43 bits per heavy atom. The van der Waals surface area contributed by atoms with E-state index in [4.69, 9.17) is 4.74 Å². The van der Waals surface area contributed by atoms with Gasteiger partial charge in [0.2, 0.25) is 5.91 Å². The minimum absolute atomic E-state index is 0.0510. The van der Waals surface area contributed by atoms with Gasteiger partial charge in [-0.15, -0.1) is 0 Å². The maximum atomic E-state index is 12.4. The molecule has 1 aliphatic heterocycles. The van der Waals surface area contributed by atoms with Crippen molar-refractivity contribution in [2.75, 3.05) is 19.8 Å². The SMILES string of the molecule is CCN(C(=O)CCc1ccccn1)C1COCC1C(=O)O. The van der Waals surface area contributed by atoms with Crippen LogP contribution in [0.25, 0.3) is 0 Å². The molecule has 1 aromatic rings. The van der Waals surface area contributed by atoms with Gasteiger partial charge in [-0.3, -0.25) is 14.6 Å². The average Bonchev–Trinajstić information content (AvgIpc) is 2.96. The number of nitrogens with zero attached hydrogens (tertiary/aromatic N) is 2. The lowest BCUT2D eigenvalue weighted by atomic mass is 10.0. The van der Waals surface area contributed by atoms with Crippen molar-refractivity contribution in [2.24, 2.45) is 5.92 Å². The van der Waals surface area contributed by atoms with Crippen molar-refractivity contribution in [1.82, 2.24) is 9.88 Å². The highest BCUT2D eigenvalue weighted by molar-refractivity contribution is 5.78. The summed E-state index contributed by atoms with van der Waals surface area (Å²) < 4.78 is 5.24. The van der Waals surface area contributed by atoms with Crippen LogP contribution in [0.1, 0.15) is 19.0 Å². The maximum absolute atomic E-state index is 12.4. The number of likely N-dealkylation sites (N-methyl/N-ethyl adjacent to an activating group) is 1. The Kier molecular flexibility index (Phi) is 5.27. The Labute approximate surface area is 123 Å². The molecule has 0 aromatic carbocycles. The Hall–Kier alpha value is -1.95. The molecule has 1 N–H and O–H groups in total. The van der Waals surface area contributed by atoms with E-state index in [-0.39, 0.29) is 18.6 Å². The van der Waals surface area contributed by atoms with E-state index >= 15 is 0 Å². The zero-order valence-corrected chi connectivity index (χ0v) is 12.1. The van der Waals surface area contributed by atoms with Crippen molar-refractivity contribution in [3.63, 3.8) is 0 Å². The van der Waals surface area contributed by atoms with E-state index in [1.807, 2.05) is 25.1 Å². The summed E-state index contributed by atoms with van der Waals surface area (Å²) in [6.07, 6.45) is 2.58. The summed E-state index contributed by atoms with van der Waals surface area (Å²) in [7, 11) is 0. The second kappa shape index (κ2) is 7.17. The molecule has 0 saturated carbocycles. The second-order valence-corrected chi connectivity index (χ2v) is 5.05. The van der Waals surface area contributed by atoms with Crippen LogP contribution in [0, 0.1) is 5.92 Å². The molecule has 1 aromatic heterocycles. The van der Waals surface area contributed by atoms with E-state index < -0.39 is 11.9 Å². The fourth-order valence-corrected chi connectivity index (χ4v) is 2.61. The molecule has 0 spiro atoms. The van der Waals surface area contributed by atoms with Gasteiger partial charge in [0, 0.05) is 24.9 Å². The van der Waals surface area contributed by atoms with E-state index in [0.717, 1.165) is 5.69 Å². The average molecular weight is 292 g/mol. The lowest BCUT2D eigenvalue weighted by Gasteiger charge is -2.29. The van der Waals surface area contributed by atoms with Crippen molar-refractivity contribution >= 4 is 11.9 Å². The highest BCUT2D eigenvalue weighted by Crippen LogP contribution is 2.21. The van der Waals surface area contributed by atoms with E-state index in [9.17, 15) is 14.7 Å². The van der Waals surface area contributed by atoms with E-state index in [1.165, 1.54) is 0 Å². The van der Waals surface area contributed by atoms with Crippen LogP contribution in [0.5, 0.6) is 0 Å². The minimum Gasteiger partial charge on any atom is -0.481 e. The number of rotatable bonds is 6. The number of aromatic nitrogens is 1. The molecule has 2 heterocycles. The van der Waals surface area contributed by atoms with Crippen molar-refractivity contribution in [3.8, 4) is 0 Å². The van der Waals surface area contributed by atoms with Crippen LogP contribution in [0.2, 0.25) is 0 Å². The summed E-state index contributed by atoms with van der Waals surface area (Å²) in [6, 6.07) is 5.22. The largest absolute Gasteiger partial charge is 0.481 e. The van der Waals surface area contributed by atoms with Gasteiger partial charge in [0.1, 0.15) is 5.92 Å². The molecule has 1 aliphatic rings. The number of carbonyl (C=O) groups excluding carboxylic acids is 1. The molecule has 6 nitrogen and oxygen atoms in total. The van der Waals surface area contributed by atoms with Crippen molar-refractivity contribution in [1.29, 1.82) is 0 Å². The van der Waals surface area contributed by atoms with Crippen molar-refractivity contribution < 1.29 is 19.4 Å². The first-order valence-corrected chi connectivity index (χ1v) is 7.13. The lowest BCUT2D eigenvalue weighted by Crippen LogP contribution is -2.46. The Morgan fingerprint density at radius 2 is 2.24 bits per heavy atom. The smallest absolute Gasteiger partial charge is 0.311 e. The molecule has 114 valence electrons. The molecule has 2 rings (SSSR count). The number of carboxylic acid groups (broad SMARTS) is 1. The summed E-state index contributed by atoms with van der Waals surface area (Å²) in [6.45, 7) is 2.80. The van der Waals surface area contributed by atoms with Crippen LogP contribution >= 0.6 is 0 Å². The highest BCUT2D eigenvalue weighted by Gasteiger charge is 2.39. The lowest BCUT2D eigenvalue weighted by molar-refractivity contribution is -0.145. The van der Waals surface area contributed by atoms with E-state index in [2.05, 4.69) is 4.98 Å². The number of aliphatic carboxylic acids is 1. The number of hydrogen-bond donors (Lipinski definition) is 1. The second-order valence-electron chi connectivity index (χ2n) is 5.05. The molecule has 1 amide bonds. The Bertz CT molecular complexity index is 492. The first-order chi connectivity index (χ1) is 10.1. The van der Waals surface area contributed by atoms with Gasteiger partial charge < -0.3 is 14.7 Å². The van der Waals surface area contributed by atoms with Gasteiger partial charge in [0.25, 0.3) is 0 Å². The fourth-order valence-electron chi connectivity index (χ4n) is 2.61. The molecule has 1 saturated heterocycles. The third kappa shape index (κ3) is 3.78. The van der Waals surface area contributed by atoms with Crippen molar-refractivity contribution in [2.45, 2.75) is 25.8 Å². The van der Waals surface area contributed by atoms with Gasteiger partial charge >= 0.3 is 5.97 Å². The van der Waals surface area contributed by atoms with Crippen LogP contribution < -0.4 is 0 Å². The third-order valence-corrected chi connectivity index (χ3v) is 3.75. The molecule has 0 aliphatic carbocycles. The van der Waals surface area contributed by atoms with Gasteiger partial charge in [-0.1, -0.05) is 6.07 Å². The monoisotopic (exact) mass is 292 g/mol. The van der Waals surface area contributed by atoms with E-state index in [0.29, 0.717) is 26.0 Å². The van der Waals surface area contributed by atoms with Crippen LogP contribution in [0.3, 0.4) is 0 Å². The molecule has 2 unspecified atom stereocenters. The number of hydrogen-bond acceptors (Lipinski definition) is 4. The maximum Gasteiger partial charge on any atom is 0.311 e. The van der Waals surface area contributed by atoms with Crippen LogP contribution in [-0.2, 0) is 20.7 Å². The van der Waals surface area contributed by atoms with Crippen LogP contribution in [-0.4, -0.2) is 52.7 Å². The number of carboxylic acids is 1. The zero-order valence-electron chi connectivity index (χ0n) is 12.1. The van der Waals surface area contributed by atoms with Gasteiger partial charge in [0.05, 0.1) is 19.3 Å². The number of ether oxygens (including phenoxy) is 1. The summed E-state index contributed by atoms with van der Waals surface area (Å²) in [5.41, 5.74) is 0.861. The summed E-state index contributed by atoms with van der Waals surface area (Å²) >= 11 is 0. The minimum atomic E-state index is -0.909. The third-order valence-electron chi connectivity index (χ3n) is 3.75. The Morgan fingerprint density at radius 3 is 2.86 bits per heavy atom. The highest BCUT2D eigenvalue weighted by atomic mass is 16.5. The molecule has 0 bridgehead atoms. The molecule has 2 atom stereocenters. The normalized spacial score (nSPS) is 21.2. The fraction of sp³-hybridized carbons (Fsp3) is 0.533. The quantitative estimate of drug-likeness (QED) is 0.845. The summed E-state index contributed by atoms with van der Waals surface area (Å²) in [5, 5.41) is 9.19. The zero-order chi connectivity index (χ0) is 15.2. The predicted octanol–water partition coefficient (Wildman–Crippen LogP) is 0.962. The first kappa shape index (κ1) is 15.4. The summed E-state index contributed by atoms with van der Waals surface area (Å²) in [4.78, 5) is 29.4. The van der Waals surface area contributed by atoms with Crippen LogP contribution in [0.4, 0.5) is 0 Å². The molecule has 1 fully saturated rings. The molecular formula is C15H20N2O4. The Balaban J connectivity index is 1.97. The van der Waals surface area contributed by atoms with Gasteiger partial charge in [-0.05, 0) is 25.5 Å². The number of pyridine rings is 1. The van der Waals surface area contributed by atoms with Crippen LogP contribution in [0.15, 0.2) is 24.4 Å². The number of carbonyl (C=O) groups is 2. The number of aryl methyl sites for hydroxylation is 1. The van der Waals surface area contributed by atoms with Gasteiger partial charge in [0.15, 0.2) is 0 Å².